The smallest absolute Gasteiger partial charge is 0.339 e. The van der Waals surface area contributed by atoms with Crippen LogP contribution in [-0.4, -0.2) is 48.0 Å². The second-order valence-corrected chi connectivity index (χ2v) is 6.43. The Bertz CT molecular complexity index is 778. The van der Waals surface area contributed by atoms with Crippen LogP contribution in [0.2, 0.25) is 5.02 Å². The van der Waals surface area contributed by atoms with Gasteiger partial charge in [0.15, 0.2) is 0 Å². The highest BCUT2D eigenvalue weighted by atomic mass is 35.5. The summed E-state index contributed by atoms with van der Waals surface area (Å²) in [5.41, 5.74) is 1.46. The van der Waals surface area contributed by atoms with Crippen molar-refractivity contribution in [1.82, 2.24) is 9.88 Å². The van der Waals surface area contributed by atoms with Gasteiger partial charge in [-0.25, -0.2) is 9.78 Å². The van der Waals surface area contributed by atoms with E-state index in [4.69, 9.17) is 16.3 Å². The number of carbonyl (C=O) groups excluding carboxylic acids is 2. The number of esters is 1. The van der Waals surface area contributed by atoms with Crippen molar-refractivity contribution in [2.24, 2.45) is 0 Å². The fraction of sp³-hybridized carbons (Fsp3) is 0.316. The number of anilines is 1. The molecule has 2 aromatic rings. The molecule has 1 saturated heterocycles. The van der Waals surface area contributed by atoms with E-state index in [2.05, 4.69) is 4.98 Å². The maximum absolute atomic E-state index is 12.5. The number of pyridine rings is 1. The molecule has 6 nitrogen and oxygen atoms in total. The number of hydrogen-bond donors (Lipinski definition) is 0. The zero-order valence-electron chi connectivity index (χ0n) is 14.5. The van der Waals surface area contributed by atoms with Crippen LogP contribution in [0.3, 0.4) is 0 Å². The highest BCUT2D eigenvalue weighted by Gasteiger charge is 2.25. The summed E-state index contributed by atoms with van der Waals surface area (Å²) in [6.07, 6.45) is 1.48. The predicted molar refractivity (Wildman–Crippen MR) is 99.3 cm³/mol. The van der Waals surface area contributed by atoms with Crippen LogP contribution in [0.5, 0.6) is 0 Å². The van der Waals surface area contributed by atoms with E-state index < -0.39 is 5.97 Å². The number of ether oxygens (including phenoxy) is 1. The number of hydrogen-bond acceptors (Lipinski definition) is 5. The second kappa shape index (κ2) is 8.19. The molecule has 1 aliphatic heterocycles. The molecule has 1 aliphatic rings. The van der Waals surface area contributed by atoms with Crippen LogP contribution in [0.25, 0.3) is 0 Å². The summed E-state index contributed by atoms with van der Waals surface area (Å²) in [7, 11) is 0. The number of nitrogens with zero attached hydrogens (tertiary/aromatic N) is 3. The summed E-state index contributed by atoms with van der Waals surface area (Å²) in [6, 6.07) is 10.9. The Morgan fingerprint density at radius 1 is 1.19 bits per heavy atom. The summed E-state index contributed by atoms with van der Waals surface area (Å²) < 4.78 is 4.95. The van der Waals surface area contributed by atoms with Crippen molar-refractivity contribution >= 4 is 29.3 Å². The molecule has 0 N–H and O–H groups in total. The van der Waals surface area contributed by atoms with Gasteiger partial charge in [-0.05, 0) is 36.8 Å². The average molecular weight is 374 g/mol. The molecule has 3 rings (SSSR count). The number of aromatic nitrogens is 1. The topological polar surface area (TPSA) is 62.7 Å². The molecule has 1 fully saturated rings. The SMILES string of the molecule is CCOC(=O)c1ccc(N2CCN(Cc3ccc(Cl)cc3)C(=O)C2)nc1. The van der Waals surface area contributed by atoms with Gasteiger partial charge < -0.3 is 14.5 Å². The Hall–Kier alpha value is -2.60. The third-order valence-corrected chi connectivity index (χ3v) is 4.44. The van der Waals surface area contributed by atoms with Gasteiger partial charge in [0.05, 0.1) is 18.7 Å². The van der Waals surface area contributed by atoms with Gasteiger partial charge in [-0.15, -0.1) is 0 Å². The lowest BCUT2D eigenvalue weighted by Crippen LogP contribution is -2.50. The van der Waals surface area contributed by atoms with Crippen LogP contribution in [0, 0.1) is 0 Å². The van der Waals surface area contributed by atoms with Crippen molar-refractivity contribution in [3.63, 3.8) is 0 Å². The van der Waals surface area contributed by atoms with E-state index in [0.717, 1.165) is 5.56 Å². The van der Waals surface area contributed by atoms with Crippen LogP contribution in [0.1, 0.15) is 22.8 Å². The molecule has 0 atom stereocenters. The molecule has 0 unspecified atom stereocenters. The maximum Gasteiger partial charge on any atom is 0.339 e. The number of piperazine rings is 1. The lowest BCUT2D eigenvalue weighted by molar-refractivity contribution is -0.131. The maximum atomic E-state index is 12.5. The first kappa shape index (κ1) is 18.2. The lowest BCUT2D eigenvalue weighted by Gasteiger charge is -2.35. The van der Waals surface area contributed by atoms with Gasteiger partial charge >= 0.3 is 5.97 Å². The van der Waals surface area contributed by atoms with Crippen LogP contribution >= 0.6 is 11.6 Å². The predicted octanol–water partition coefficient (Wildman–Crippen LogP) is 2.76. The molecule has 1 amide bonds. The molecule has 7 heteroatoms. The average Bonchev–Trinajstić information content (AvgIpc) is 2.65. The van der Waals surface area contributed by atoms with Crippen molar-refractivity contribution in [3.05, 3.63) is 58.7 Å². The van der Waals surface area contributed by atoms with Crippen molar-refractivity contribution in [2.75, 3.05) is 31.1 Å². The van der Waals surface area contributed by atoms with E-state index in [1.54, 1.807) is 19.1 Å². The highest BCUT2D eigenvalue weighted by molar-refractivity contribution is 6.30. The molecule has 0 bridgehead atoms. The number of amides is 1. The number of rotatable bonds is 5. The van der Waals surface area contributed by atoms with E-state index in [1.807, 2.05) is 34.1 Å². The molecule has 1 aromatic carbocycles. The fourth-order valence-electron chi connectivity index (χ4n) is 2.79. The Morgan fingerprint density at radius 3 is 2.58 bits per heavy atom. The highest BCUT2D eigenvalue weighted by Crippen LogP contribution is 2.17. The van der Waals surface area contributed by atoms with Crippen LogP contribution in [-0.2, 0) is 16.1 Å². The van der Waals surface area contributed by atoms with Gasteiger partial charge in [-0.3, -0.25) is 4.79 Å². The number of carbonyl (C=O) groups is 2. The van der Waals surface area contributed by atoms with E-state index in [-0.39, 0.29) is 12.5 Å². The van der Waals surface area contributed by atoms with Crippen molar-refractivity contribution in [3.8, 4) is 0 Å². The van der Waals surface area contributed by atoms with E-state index >= 15 is 0 Å². The molecular formula is C19H20ClN3O3. The molecule has 0 spiro atoms. The quantitative estimate of drug-likeness (QED) is 0.754. The Balaban J connectivity index is 1.60. The van der Waals surface area contributed by atoms with Gasteiger partial charge in [0.25, 0.3) is 0 Å². The molecule has 0 saturated carbocycles. The molecule has 1 aromatic heterocycles. The van der Waals surface area contributed by atoms with Gasteiger partial charge in [-0.1, -0.05) is 23.7 Å². The minimum Gasteiger partial charge on any atom is -0.462 e. The minimum absolute atomic E-state index is 0.0440. The lowest BCUT2D eigenvalue weighted by atomic mass is 10.2. The summed E-state index contributed by atoms with van der Waals surface area (Å²) in [5, 5.41) is 0.683. The Kier molecular flexibility index (Phi) is 5.73. The van der Waals surface area contributed by atoms with Crippen LogP contribution in [0.4, 0.5) is 5.82 Å². The van der Waals surface area contributed by atoms with Gasteiger partial charge in [0, 0.05) is 30.9 Å². The molecular weight excluding hydrogens is 354 g/mol. The third kappa shape index (κ3) is 4.32. The van der Waals surface area contributed by atoms with Crippen molar-refractivity contribution in [1.29, 1.82) is 0 Å². The Morgan fingerprint density at radius 2 is 1.96 bits per heavy atom. The van der Waals surface area contributed by atoms with Gasteiger partial charge in [-0.2, -0.15) is 0 Å². The molecule has 26 heavy (non-hydrogen) atoms. The zero-order chi connectivity index (χ0) is 18.5. The summed E-state index contributed by atoms with van der Waals surface area (Å²) >= 11 is 5.90. The molecule has 0 radical (unpaired) electrons. The molecule has 2 heterocycles. The second-order valence-electron chi connectivity index (χ2n) is 5.99. The van der Waals surface area contributed by atoms with Crippen LogP contribution < -0.4 is 4.90 Å². The normalized spacial score (nSPS) is 14.5. The largest absolute Gasteiger partial charge is 0.462 e. The number of halogens is 1. The first-order valence-corrected chi connectivity index (χ1v) is 8.85. The summed E-state index contributed by atoms with van der Waals surface area (Å²) in [6.45, 7) is 4.21. The standard InChI is InChI=1S/C19H20ClN3O3/c1-2-26-19(25)15-5-8-17(21-11-15)22-9-10-23(18(24)13-22)12-14-3-6-16(20)7-4-14/h3-8,11H,2,9-10,12-13H2,1H3. The summed E-state index contributed by atoms with van der Waals surface area (Å²) in [4.78, 5) is 32.2. The van der Waals surface area contributed by atoms with Gasteiger partial charge in [0.1, 0.15) is 5.82 Å². The zero-order valence-corrected chi connectivity index (χ0v) is 15.3. The molecule has 0 aliphatic carbocycles. The molecule has 136 valence electrons. The summed E-state index contributed by atoms with van der Waals surface area (Å²) in [5.74, 6) is 0.329. The van der Waals surface area contributed by atoms with Crippen molar-refractivity contribution in [2.45, 2.75) is 13.5 Å². The first-order chi connectivity index (χ1) is 12.6. The first-order valence-electron chi connectivity index (χ1n) is 8.47. The van der Waals surface area contributed by atoms with Crippen molar-refractivity contribution < 1.29 is 14.3 Å². The fourth-order valence-corrected chi connectivity index (χ4v) is 2.92. The Labute approximate surface area is 157 Å². The van der Waals surface area contributed by atoms with Gasteiger partial charge in [0.2, 0.25) is 5.91 Å². The van der Waals surface area contributed by atoms with Crippen LogP contribution in [0.15, 0.2) is 42.6 Å². The van der Waals surface area contributed by atoms with E-state index in [0.29, 0.717) is 42.6 Å². The van der Waals surface area contributed by atoms with E-state index in [1.165, 1.54) is 6.20 Å². The third-order valence-electron chi connectivity index (χ3n) is 4.19. The minimum atomic E-state index is -0.393. The number of benzene rings is 1. The monoisotopic (exact) mass is 373 g/mol. The van der Waals surface area contributed by atoms with E-state index in [9.17, 15) is 9.59 Å².